The lowest BCUT2D eigenvalue weighted by Gasteiger charge is -2.08. The summed E-state index contributed by atoms with van der Waals surface area (Å²) in [4.78, 5) is 11.1. The molecule has 0 amide bonds. The molecule has 0 aliphatic heterocycles. The van der Waals surface area contributed by atoms with Gasteiger partial charge in [-0.05, 0) is 43.0 Å². The average molecular weight is 306 g/mol. The third-order valence-corrected chi connectivity index (χ3v) is 3.61. The molecule has 2 aromatic carbocycles. The lowest BCUT2D eigenvalue weighted by Crippen LogP contribution is -1.95. The van der Waals surface area contributed by atoms with E-state index >= 15 is 0 Å². The van der Waals surface area contributed by atoms with Crippen molar-refractivity contribution in [1.29, 1.82) is 0 Å². The molecule has 1 N–H and O–H groups in total. The van der Waals surface area contributed by atoms with Crippen molar-refractivity contribution in [3.63, 3.8) is 0 Å². The van der Waals surface area contributed by atoms with Crippen LogP contribution >= 0.6 is 0 Å². The number of carbonyl (C=O) groups excluding carboxylic acids is 1. The molecule has 2 nitrogen and oxygen atoms in total. The monoisotopic (exact) mass is 306 g/mol. The zero-order chi connectivity index (χ0) is 16.7. The normalized spacial score (nSPS) is 12.8. The molecule has 0 saturated carbocycles. The summed E-state index contributed by atoms with van der Waals surface area (Å²) in [7, 11) is 0. The Kier molecular flexibility index (Phi) is 6.07. The number of benzene rings is 2. The number of hydrogen-bond acceptors (Lipinski definition) is 2. The largest absolute Gasteiger partial charge is 0.388 e. The minimum Gasteiger partial charge on any atom is -0.388 e. The zero-order valence-corrected chi connectivity index (χ0v) is 13.6. The second-order valence-electron chi connectivity index (χ2n) is 5.64. The first-order valence-corrected chi connectivity index (χ1v) is 7.75. The fraction of sp³-hybridized carbons (Fsp3) is 0.190. The van der Waals surface area contributed by atoms with Crippen molar-refractivity contribution in [2.45, 2.75) is 26.4 Å². The Balaban J connectivity index is 2.05. The van der Waals surface area contributed by atoms with Crippen molar-refractivity contribution in [3.8, 4) is 0 Å². The van der Waals surface area contributed by atoms with Crippen LogP contribution in [0.2, 0.25) is 0 Å². The van der Waals surface area contributed by atoms with Crippen LogP contribution in [0.4, 0.5) is 0 Å². The van der Waals surface area contributed by atoms with E-state index in [0.29, 0.717) is 6.42 Å². The summed E-state index contributed by atoms with van der Waals surface area (Å²) in [6.45, 7) is 3.56. The third kappa shape index (κ3) is 5.35. The topological polar surface area (TPSA) is 37.3 Å². The fourth-order valence-electron chi connectivity index (χ4n) is 2.27. The molecule has 0 aliphatic carbocycles. The van der Waals surface area contributed by atoms with E-state index in [0.717, 1.165) is 16.7 Å². The van der Waals surface area contributed by atoms with Gasteiger partial charge in [0.25, 0.3) is 0 Å². The highest BCUT2D eigenvalue weighted by Gasteiger charge is 2.04. The molecule has 0 heterocycles. The van der Waals surface area contributed by atoms with Gasteiger partial charge in [-0.25, -0.2) is 0 Å². The van der Waals surface area contributed by atoms with E-state index in [9.17, 15) is 9.90 Å². The summed E-state index contributed by atoms with van der Waals surface area (Å²) >= 11 is 0. The SMILES string of the molecule is CC(=O)/C=C/c1ccccc1/C=C/CC(O)c1ccc(C)cc1. The van der Waals surface area contributed by atoms with Crippen molar-refractivity contribution >= 4 is 17.9 Å². The minimum absolute atomic E-state index is 0.0265. The first-order valence-electron chi connectivity index (χ1n) is 7.75. The molecule has 0 spiro atoms. The summed E-state index contributed by atoms with van der Waals surface area (Å²) in [5.41, 5.74) is 4.12. The van der Waals surface area contributed by atoms with Gasteiger partial charge in [-0.15, -0.1) is 0 Å². The van der Waals surface area contributed by atoms with Crippen LogP contribution in [0.3, 0.4) is 0 Å². The Bertz CT molecular complexity index is 709. The summed E-state index contributed by atoms with van der Waals surface area (Å²) in [5.74, 6) is 0.0265. The second kappa shape index (κ2) is 8.25. The zero-order valence-electron chi connectivity index (χ0n) is 13.6. The van der Waals surface area contributed by atoms with Gasteiger partial charge < -0.3 is 5.11 Å². The predicted molar refractivity (Wildman–Crippen MR) is 95.9 cm³/mol. The van der Waals surface area contributed by atoms with Crippen LogP contribution in [-0.4, -0.2) is 10.9 Å². The van der Waals surface area contributed by atoms with Crippen molar-refractivity contribution < 1.29 is 9.90 Å². The number of carbonyl (C=O) groups is 1. The maximum absolute atomic E-state index is 11.1. The summed E-state index contributed by atoms with van der Waals surface area (Å²) in [5, 5.41) is 10.2. The average Bonchev–Trinajstić information content (AvgIpc) is 2.54. The molecule has 2 heteroatoms. The van der Waals surface area contributed by atoms with Crippen LogP contribution in [0, 0.1) is 6.92 Å². The Morgan fingerprint density at radius 1 is 1.04 bits per heavy atom. The molecule has 118 valence electrons. The van der Waals surface area contributed by atoms with E-state index in [1.54, 1.807) is 6.08 Å². The third-order valence-electron chi connectivity index (χ3n) is 3.61. The van der Waals surface area contributed by atoms with Gasteiger partial charge in [-0.2, -0.15) is 0 Å². The van der Waals surface area contributed by atoms with Crippen LogP contribution < -0.4 is 0 Å². The van der Waals surface area contributed by atoms with E-state index < -0.39 is 6.10 Å². The van der Waals surface area contributed by atoms with Crippen LogP contribution in [0.25, 0.3) is 12.2 Å². The molecule has 2 rings (SSSR count). The Morgan fingerprint density at radius 2 is 1.65 bits per heavy atom. The highest BCUT2D eigenvalue weighted by Crippen LogP contribution is 2.19. The lowest BCUT2D eigenvalue weighted by molar-refractivity contribution is -0.112. The van der Waals surface area contributed by atoms with E-state index in [1.165, 1.54) is 12.5 Å². The highest BCUT2D eigenvalue weighted by molar-refractivity contribution is 5.92. The van der Waals surface area contributed by atoms with E-state index in [-0.39, 0.29) is 5.78 Å². The van der Waals surface area contributed by atoms with Crippen molar-refractivity contribution in [2.75, 3.05) is 0 Å². The molecule has 1 atom stereocenters. The highest BCUT2D eigenvalue weighted by atomic mass is 16.3. The van der Waals surface area contributed by atoms with Gasteiger partial charge in [0.15, 0.2) is 5.78 Å². The molecule has 0 bridgehead atoms. The van der Waals surface area contributed by atoms with Gasteiger partial charge >= 0.3 is 0 Å². The van der Waals surface area contributed by atoms with Crippen molar-refractivity contribution in [2.24, 2.45) is 0 Å². The number of aliphatic hydroxyl groups is 1. The van der Waals surface area contributed by atoms with Gasteiger partial charge in [0, 0.05) is 0 Å². The Hall–Kier alpha value is -2.45. The van der Waals surface area contributed by atoms with E-state index in [1.807, 2.05) is 73.7 Å². The predicted octanol–water partition coefficient (Wildman–Crippen LogP) is 4.73. The molecule has 0 aliphatic rings. The van der Waals surface area contributed by atoms with Gasteiger partial charge in [0.1, 0.15) is 0 Å². The van der Waals surface area contributed by atoms with Crippen molar-refractivity contribution in [1.82, 2.24) is 0 Å². The van der Waals surface area contributed by atoms with Gasteiger partial charge in [-0.3, -0.25) is 4.79 Å². The van der Waals surface area contributed by atoms with E-state index in [4.69, 9.17) is 0 Å². The van der Waals surface area contributed by atoms with Crippen LogP contribution in [0.1, 0.15) is 41.7 Å². The number of ketones is 1. The van der Waals surface area contributed by atoms with Crippen molar-refractivity contribution in [3.05, 3.63) is 82.9 Å². The number of hydrogen-bond donors (Lipinski definition) is 1. The summed E-state index contributed by atoms with van der Waals surface area (Å²) in [6.07, 6.45) is 7.37. The number of rotatable bonds is 6. The van der Waals surface area contributed by atoms with Gasteiger partial charge in [-0.1, -0.05) is 72.3 Å². The quantitative estimate of drug-likeness (QED) is 0.783. The first kappa shape index (κ1) is 16.9. The maximum atomic E-state index is 11.1. The number of aryl methyl sites for hydroxylation is 1. The Labute approximate surface area is 137 Å². The summed E-state index contributed by atoms with van der Waals surface area (Å²) in [6, 6.07) is 15.8. The minimum atomic E-state index is -0.508. The van der Waals surface area contributed by atoms with Gasteiger partial charge in [0.2, 0.25) is 0 Å². The molecule has 2 aromatic rings. The second-order valence-corrected chi connectivity index (χ2v) is 5.64. The summed E-state index contributed by atoms with van der Waals surface area (Å²) < 4.78 is 0. The first-order chi connectivity index (χ1) is 11.1. The molecule has 23 heavy (non-hydrogen) atoms. The maximum Gasteiger partial charge on any atom is 0.152 e. The standard InChI is InChI=1S/C21H22O2/c1-16-10-13-20(14-11-16)21(23)9-5-8-18-6-3-4-7-19(18)15-12-17(2)22/h3-8,10-15,21,23H,9H2,1-2H3/b8-5+,15-12+. The van der Waals surface area contributed by atoms with Crippen LogP contribution in [0.5, 0.6) is 0 Å². The molecule has 1 unspecified atom stereocenters. The molecule has 0 aromatic heterocycles. The van der Waals surface area contributed by atoms with Crippen LogP contribution in [-0.2, 0) is 4.79 Å². The number of allylic oxidation sites excluding steroid dienone is 1. The molecular weight excluding hydrogens is 284 g/mol. The van der Waals surface area contributed by atoms with Crippen LogP contribution in [0.15, 0.2) is 60.7 Å². The smallest absolute Gasteiger partial charge is 0.152 e. The van der Waals surface area contributed by atoms with E-state index in [2.05, 4.69) is 0 Å². The molecule has 0 saturated heterocycles. The molecule has 0 radical (unpaired) electrons. The molecular formula is C21H22O2. The lowest BCUT2D eigenvalue weighted by atomic mass is 10.0. The van der Waals surface area contributed by atoms with Gasteiger partial charge in [0.05, 0.1) is 6.10 Å². The number of aliphatic hydroxyl groups excluding tert-OH is 1. The molecule has 0 fully saturated rings. The fourth-order valence-corrected chi connectivity index (χ4v) is 2.27. The Morgan fingerprint density at radius 3 is 2.26 bits per heavy atom.